The summed E-state index contributed by atoms with van der Waals surface area (Å²) < 4.78 is 51.9. The molecule has 0 atom stereocenters. The van der Waals surface area contributed by atoms with Crippen LogP contribution in [0.1, 0.15) is 42.3 Å². The monoisotopic (exact) mass is 644 g/mol. The first kappa shape index (κ1) is 34.0. The summed E-state index contributed by atoms with van der Waals surface area (Å²) in [7, 11) is 1.68. The van der Waals surface area contributed by atoms with Gasteiger partial charge in [-0.05, 0) is 33.3 Å². The number of halogens is 3. The molecule has 12 nitrogen and oxygen atoms in total. The lowest BCUT2D eigenvalue weighted by atomic mass is 9.84. The molecule has 2 N–H and O–H groups in total. The fraction of sp³-hybridized carbons (Fsp3) is 0.387. The van der Waals surface area contributed by atoms with Gasteiger partial charge >= 0.3 is 17.8 Å². The molecule has 0 radical (unpaired) electrons. The molecular weight excluding hydrogens is 609 g/mol. The summed E-state index contributed by atoms with van der Waals surface area (Å²) in [6.07, 6.45) is -5.19. The van der Waals surface area contributed by atoms with Gasteiger partial charge in [0, 0.05) is 36.3 Å². The molecule has 0 unspecified atom stereocenters. The number of nitrogen functional groups attached to an aromatic ring is 1. The second kappa shape index (κ2) is 14.0. The van der Waals surface area contributed by atoms with Gasteiger partial charge in [-0.1, -0.05) is 55.6 Å². The smallest absolute Gasteiger partial charge is 0.430 e. The Morgan fingerprint density at radius 1 is 1.07 bits per heavy atom. The average Bonchev–Trinajstić information content (AvgIpc) is 3.33. The fourth-order valence-corrected chi connectivity index (χ4v) is 4.72. The first-order valence-electron chi connectivity index (χ1n) is 14.3. The summed E-state index contributed by atoms with van der Waals surface area (Å²) >= 11 is 0. The van der Waals surface area contributed by atoms with Gasteiger partial charge in [-0.25, -0.2) is 0 Å². The zero-order chi connectivity index (χ0) is 33.6. The van der Waals surface area contributed by atoms with Crippen LogP contribution in [-0.2, 0) is 28.1 Å². The van der Waals surface area contributed by atoms with Gasteiger partial charge in [-0.3, -0.25) is 4.79 Å². The molecule has 1 aliphatic heterocycles. The average molecular weight is 645 g/mol. The van der Waals surface area contributed by atoms with E-state index in [1.807, 2.05) is 42.5 Å². The molecule has 1 saturated heterocycles. The van der Waals surface area contributed by atoms with E-state index in [4.69, 9.17) is 29.8 Å². The third-order valence-electron chi connectivity index (χ3n) is 7.00. The van der Waals surface area contributed by atoms with E-state index >= 15 is 0 Å². The van der Waals surface area contributed by atoms with Crippen LogP contribution in [0.25, 0.3) is 5.65 Å². The Kier molecular flexibility index (Phi) is 10.4. The summed E-state index contributed by atoms with van der Waals surface area (Å²) in [6.45, 7) is 9.45. The molecule has 2 aromatic heterocycles. The molecule has 0 saturated carbocycles. The Hall–Kier alpha value is -4.92. The minimum absolute atomic E-state index is 0.00502. The predicted molar refractivity (Wildman–Crippen MR) is 158 cm³/mol. The highest BCUT2D eigenvalue weighted by molar-refractivity contribution is 5.97. The Morgan fingerprint density at radius 2 is 1.72 bits per heavy atom. The number of carboxylic acids is 1. The van der Waals surface area contributed by atoms with Crippen molar-refractivity contribution in [2.24, 2.45) is 0 Å². The van der Waals surface area contributed by atoms with Gasteiger partial charge in [-0.2, -0.15) is 13.2 Å². The number of hydrogen-bond donors (Lipinski definition) is 1. The van der Waals surface area contributed by atoms with Crippen LogP contribution in [0.3, 0.4) is 0 Å². The summed E-state index contributed by atoms with van der Waals surface area (Å²) in [5.41, 5.74) is 10.0. The van der Waals surface area contributed by atoms with Crippen molar-refractivity contribution in [3.8, 4) is 11.6 Å². The Bertz CT molecular complexity index is 1680. The van der Waals surface area contributed by atoms with E-state index in [9.17, 15) is 18.0 Å². The maximum Gasteiger partial charge on any atom is 0.430 e. The minimum atomic E-state index is -5.19. The number of rotatable bonds is 8. The Balaban J connectivity index is 0.000000617. The number of carbonyl (C=O) groups excluding carboxylic acids is 2. The van der Waals surface area contributed by atoms with E-state index in [1.165, 1.54) is 4.52 Å². The number of aliphatic carboxylic acids is 1. The molecule has 0 amide bonds. The zero-order valence-corrected chi connectivity index (χ0v) is 25.8. The van der Waals surface area contributed by atoms with Crippen LogP contribution in [0.4, 0.5) is 24.8 Å². The first-order chi connectivity index (χ1) is 21.7. The second-order valence-electron chi connectivity index (χ2n) is 11.4. The molecule has 0 bridgehead atoms. The van der Waals surface area contributed by atoms with Gasteiger partial charge < -0.3 is 34.7 Å². The summed E-state index contributed by atoms with van der Waals surface area (Å²) in [5, 5.41) is 17.7. The van der Waals surface area contributed by atoms with Crippen LogP contribution in [-0.4, -0.2) is 66.1 Å². The maximum absolute atomic E-state index is 13.7. The van der Waals surface area contributed by atoms with Crippen LogP contribution < -0.4 is 29.9 Å². The van der Waals surface area contributed by atoms with Gasteiger partial charge in [-0.15, -0.1) is 4.68 Å². The first-order valence-corrected chi connectivity index (χ1v) is 14.3. The molecule has 3 heterocycles. The Morgan fingerprint density at radius 3 is 2.30 bits per heavy atom. The number of alkyl halides is 3. The third-order valence-corrected chi connectivity index (χ3v) is 7.00. The minimum Gasteiger partial charge on any atom is -0.542 e. The highest BCUT2D eigenvalue weighted by Crippen LogP contribution is 2.40. The van der Waals surface area contributed by atoms with Crippen molar-refractivity contribution in [3.05, 3.63) is 71.3 Å². The second-order valence-corrected chi connectivity index (χ2v) is 11.4. The number of ether oxygens (including phenoxy) is 3. The van der Waals surface area contributed by atoms with E-state index in [2.05, 4.69) is 35.9 Å². The number of carbonyl (C=O) groups is 2. The van der Waals surface area contributed by atoms with Gasteiger partial charge in [0.1, 0.15) is 18.3 Å². The number of benzene rings is 2. The standard InChI is InChI=1S/C29H35N6O4.C2HF3O2/c1-29(2,3)22-16-21(17-23(27(22)37-4)33-12-14-38-15-13-33)24(36)18-34-26-11-10-25(31-35(26)28(30)32-34)39-19-20-8-6-5-7-9-20;3-2(4,5)1(6)7/h5-11,16-17H,12-15,18-19H2,1-4H3,(H2,30,32);(H,6,7)/q+1;/p-1. The molecular formula is C31H35F3N6O6. The van der Waals surface area contributed by atoms with Crippen molar-refractivity contribution in [1.29, 1.82) is 0 Å². The molecule has 5 rings (SSSR count). The molecule has 0 aliphatic carbocycles. The summed E-state index contributed by atoms with van der Waals surface area (Å²) in [5.74, 6) is -1.73. The van der Waals surface area contributed by atoms with E-state index in [1.54, 1.807) is 23.9 Å². The summed E-state index contributed by atoms with van der Waals surface area (Å²) in [4.78, 5) is 24.7. The number of methoxy groups -OCH3 is 1. The topological polar surface area (TPSA) is 148 Å². The Labute approximate surface area is 263 Å². The number of nitrogens with zero attached hydrogens (tertiary/aromatic N) is 5. The number of anilines is 2. The number of carboxylic acid groups (broad SMARTS) is 1. The van der Waals surface area contributed by atoms with Gasteiger partial charge in [0.2, 0.25) is 5.78 Å². The quantitative estimate of drug-likeness (QED) is 0.224. The number of morpholine rings is 1. The normalized spacial score (nSPS) is 13.6. The van der Waals surface area contributed by atoms with Crippen molar-refractivity contribution in [2.75, 3.05) is 44.0 Å². The maximum atomic E-state index is 13.7. The predicted octanol–water partition coefficient (Wildman–Crippen LogP) is 2.50. The van der Waals surface area contributed by atoms with Crippen LogP contribution in [0, 0.1) is 0 Å². The highest BCUT2D eigenvalue weighted by atomic mass is 19.4. The van der Waals surface area contributed by atoms with Crippen LogP contribution in [0.15, 0.2) is 54.6 Å². The lowest BCUT2D eigenvalue weighted by molar-refractivity contribution is -0.714. The van der Waals surface area contributed by atoms with E-state index in [-0.39, 0.29) is 23.7 Å². The van der Waals surface area contributed by atoms with Gasteiger partial charge in [0.15, 0.2) is 6.54 Å². The van der Waals surface area contributed by atoms with E-state index < -0.39 is 12.1 Å². The molecule has 2 aromatic carbocycles. The van der Waals surface area contributed by atoms with Crippen molar-refractivity contribution >= 4 is 29.0 Å². The van der Waals surface area contributed by atoms with E-state index in [0.29, 0.717) is 36.9 Å². The van der Waals surface area contributed by atoms with Crippen LogP contribution in [0.2, 0.25) is 0 Å². The number of hydrogen-bond acceptors (Lipinski definition) is 10. The number of Topliss-reactive ketones (excluding diaryl/α,β-unsaturated/α-hetero) is 1. The fourth-order valence-electron chi connectivity index (χ4n) is 4.72. The molecule has 1 fully saturated rings. The lowest BCUT2D eigenvalue weighted by Crippen LogP contribution is -2.41. The highest BCUT2D eigenvalue weighted by Gasteiger charge is 2.30. The molecule has 15 heteroatoms. The van der Waals surface area contributed by atoms with Crippen molar-refractivity contribution in [1.82, 2.24) is 14.7 Å². The largest absolute Gasteiger partial charge is 0.542 e. The molecule has 46 heavy (non-hydrogen) atoms. The number of fused-ring (bicyclic) bond motifs is 1. The molecule has 246 valence electrons. The summed E-state index contributed by atoms with van der Waals surface area (Å²) in [6, 6.07) is 17.2. The van der Waals surface area contributed by atoms with Crippen molar-refractivity contribution in [3.63, 3.8) is 0 Å². The van der Waals surface area contributed by atoms with Crippen molar-refractivity contribution in [2.45, 2.75) is 45.5 Å². The molecule has 1 aliphatic rings. The van der Waals surface area contributed by atoms with Crippen LogP contribution >= 0.6 is 0 Å². The van der Waals surface area contributed by atoms with Crippen LogP contribution in [0.5, 0.6) is 11.6 Å². The number of ketones is 1. The SMILES string of the molecule is COc1c(N2CCOCC2)cc(C(=O)C[n+]2nc(N)n3nc(OCc4ccccc4)ccc32)cc1C(C)(C)C.O=C([O-])C(F)(F)F. The van der Waals surface area contributed by atoms with Gasteiger partial charge in [0.05, 0.1) is 26.0 Å². The zero-order valence-electron chi connectivity index (χ0n) is 25.8. The van der Waals surface area contributed by atoms with Crippen molar-refractivity contribution < 1.29 is 46.8 Å². The third kappa shape index (κ3) is 8.21. The lowest BCUT2D eigenvalue weighted by Gasteiger charge is -2.33. The van der Waals surface area contributed by atoms with E-state index in [0.717, 1.165) is 35.7 Å². The number of aromatic nitrogens is 4. The van der Waals surface area contributed by atoms with Gasteiger partial charge in [0.25, 0.3) is 5.88 Å². The molecule has 4 aromatic rings. The number of nitrogens with two attached hydrogens (primary N) is 1. The molecule has 0 spiro atoms.